The van der Waals surface area contributed by atoms with Gasteiger partial charge in [0.1, 0.15) is 5.78 Å². The SMILES string of the molecule is CC(=O)C(c1ccccc1)C(C)CC#N. The Bertz CT molecular complexity index is 364. The van der Waals surface area contributed by atoms with Gasteiger partial charge in [-0.1, -0.05) is 37.3 Å². The van der Waals surface area contributed by atoms with Crippen LogP contribution in [-0.2, 0) is 4.79 Å². The van der Waals surface area contributed by atoms with Crippen molar-refractivity contribution < 1.29 is 4.79 Å². The van der Waals surface area contributed by atoms with Gasteiger partial charge in [-0.3, -0.25) is 4.79 Å². The molecule has 1 rings (SSSR count). The Morgan fingerprint density at radius 3 is 2.47 bits per heavy atom. The summed E-state index contributed by atoms with van der Waals surface area (Å²) in [5.74, 6) is 0.0599. The lowest BCUT2D eigenvalue weighted by Crippen LogP contribution is -2.17. The first kappa shape index (κ1) is 11.5. The Morgan fingerprint density at radius 1 is 1.40 bits per heavy atom. The number of carbonyl (C=O) groups excluding carboxylic acids is 1. The number of Topliss-reactive ketones (excluding diaryl/α,β-unsaturated/α-hetero) is 1. The van der Waals surface area contributed by atoms with E-state index in [2.05, 4.69) is 6.07 Å². The monoisotopic (exact) mass is 201 g/mol. The number of benzene rings is 1. The molecule has 0 aliphatic rings. The summed E-state index contributed by atoms with van der Waals surface area (Å²) in [6.07, 6.45) is 0.416. The van der Waals surface area contributed by atoms with Crippen LogP contribution >= 0.6 is 0 Å². The van der Waals surface area contributed by atoms with Crippen LogP contribution < -0.4 is 0 Å². The first-order valence-corrected chi connectivity index (χ1v) is 5.09. The average molecular weight is 201 g/mol. The maximum atomic E-state index is 11.6. The zero-order chi connectivity index (χ0) is 11.3. The van der Waals surface area contributed by atoms with Gasteiger partial charge in [-0.25, -0.2) is 0 Å². The molecule has 2 nitrogen and oxygen atoms in total. The number of carbonyl (C=O) groups is 1. The molecule has 2 atom stereocenters. The fourth-order valence-corrected chi connectivity index (χ4v) is 1.89. The zero-order valence-electron chi connectivity index (χ0n) is 9.10. The molecule has 2 heteroatoms. The topological polar surface area (TPSA) is 40.9 Å². The number of nitrogens with zero attached hydrogens (tertiary/aromatic N) is 1. The van der Waals surface area contributed by atoms with Gasteiger partial charge in [0.25, 0.3) is 0 Å². The lowest BCUT2D eigenvalue weighted by Gasteiger charge is -2.19. The molecular weight excluding hydrogens is 186 g/mol. The van der Waals surface area contributed by atoms with E-state index in [-0.39, 0.29) is 17.6 Å². The van der Waals surface area contributed by atoms with Gasteiger partial charge in [-0.2, -0.15) is 5.26 Å². The van der Waals surface area contributed by atoms with Crippen molar-refractivity contribution in [1.82, 2.24) is 0 Å². The molecular formula is C13H15NO. The van der Waals surface area contributed by atoms with Crippen molar-refractivity contribution in [3.63, 3.8) is 0 Å². The lowest BCUT2D eigenvalue weighted by atomic mass is 9.83. The summed E-state index contributed by atoms with van der Waals surface area (Å²) in [5, 5.41) is 8.65. The highest BCUT2D eigenvalue weighted by atomic mass is 16.1. The van der Waals surface area contributed by atoms with Crippen molar-refractivity contribution in [2.45, 2.75) is 26.2 Å². The Kier molecular flexibility index (Phi) is 4.05. The summed E-state index contributed by atoms with van der Waals surface area (Å²) in [7, 11) is 0. The van der Waals surface area contributed by atoms with Gasteiger partial charge in [0.2, 0.25) is 0 Å². The molecule has 0 spiro atoms. The summed E-state index contributed by atoms with van der Waals surface area (Å²) in [5.41, 5.74) is 1.01. The molecule has 0 N–H and O–H groups in total. The quantitative estimate of drug-likeness (QED) is 0.751. The van der Waals surface area contributed by atoms with Crippen molar-refractivity contribution in [1.29, 1.82) is 5.26 Å². The van der Waals surface area contributed by atoms with E-state index >= 15 is 0 Å². The number of hydrogen-bond donors (Lipinski definition) is 0. The number of hydrogen-bond acceptors (Lipinski definition) is 2. The third-order valence-corrected chi connectivity index (χ3v) is 2.58. The Morgan fingerprint density at radius 2 is 2.00 bits per heavy atom. The van der Waals surface area contributed by atoms with E-state index < -0.39 is 0 Å². The highest BCUT2D eigenvalue weighted by molar-refractivity contribution is 5.83. The third kappa shape index (κ3) is 2.92. The van der Waals surface area contributed by atoms with Crippen LogP contribution in [0.25, 0.3) is 0 Å². The summed E-state index contributed by atoms with van der Waals surface area (Å²) < 4.78 is 0. The Labute approximate surface area is 90.5 Å². The molecule has 0 heterocycles. The van der Waals surface area contributed by atoms with Gasteiger partial charge >= 0.3 is 0 Å². The van der Waals surface area contributed by atoms with Crippen LogP contribution in [-0.4, -0.2) is 5.78 Å². The molecule has 0 aromatic heterocycles. The van der Waals surface area contributed by atoms with Crippen LogP contribution in [0.3, 0.4) is 0 Å². The largest absolute Gasteiger partial charge is 0.299 e. The molecule has 0 aliphatic carbocycles. The normalized spacial score (nSPS) is 13.9. The van der Waals surface area contributed by atoms with Crippen LogP contribution in [0.1, 0.15) is 31.7 Å². The molecule has 1 aromatic carbocycles. The van der Waals surface area contributed by atoms with Crippen LogP contribution in [0, 0.1) is 17.2 Å². The molecule has 0 bridgehead atoms. The number of nitriles is 1. The van der Waals surface area contributed by atoms with Crippen molar-refractivity contribution >= 4 is 5.78 Å². The molecule has 0 radical (unpaired) electrons. The first-order valence-electron chi connectivity index (χ1n) is 5.09. The van der Waals surface area contributed by atoms with E-state index in [0.29, 0.717) is 6.42 Å². The molecule has 0 fully saturated rings. The fraction of sp³-hybridized carbons (Fsp3) is 0.385. The van der Waals surface area contributed by atoms with Gasteiger partial charge in [-0.15, -0.1) is 0 Å². The van der Waals surface area contributed by atoms with E-state index in [9.17, 15) is 4.79 Å². The maximum Gasteiger partial charge on any atom is 0.137 e. The van der Waals surface area contributed by atoms with Crippen LogP contribution in [0.4, 0.5) is 0 Å². The fourth-order valence-electron chi connectivity index (χ4n) is 1.89. The molecule has 0 amide bonds. The average Bonchev–Trinajstić information content (AvgIpc) is 2.19. The highest BCUT2D eigenvalue weighted by Crippen LogP contribution is 2.27. The zero-order valence-corrected chi connectivity index (χ0v) is 9.10. The molecule has 1 aromatic rings. The van der Waals surface area contributed by atoms with E-state index in [1.807, 2.05) is 37.3 Å². The second-order valence-corrected chi connectivity index (χ2v) is 3.84. The predicted octanol–water partition coefficient (Wildman–Crippen LogP) is 2.91. The molecule has 0 aliphatic heterocycles. The van der Waals surface area contributed by atoms with Gasteiger partial charge in [0, 0.05) is 12.3 Å². The molecule has 2 unspecified atom stereocenters. The minimum absolute atomic E-state index is 0.0786. The maximum absolute atomic E-state index is 11.6. The van der Waals surface area contributed by atoms with Crippen LogP contribution in [0.2, 0.25) is 0 Å². The molecule has 15 heavy (non-hydrogen) atoms. The van der Waals surface area contributed by atoms with E-state index in [1.165, 1.54) is 0 Å². The second kappa shape index (κ2) is 5.31. The first-order chi connectivity index (χ1) is 7.16. The summed E-state index contributed by atoms with van der Waals surface area (Å²) in [6, 6.07) is 11.8. The van der Waals surface area contributed by atoms with E-state index in [4.69, 9.17) is 5.26 Å². The van der Waals surface area contributed by atoms with Crippen LogP contribution in [0.5, 0.6) is 0 Å². The highest BCUT2D eigenvalue weighted by Gasteiger charge is 2.23. The predicted molar refractivity (Wildman–Crippen MR) is 59.3 cm³/mol. The minimum atomic E-state index is -0.147. The third-order valence-electron chi connectivity index (χ3n) is 2.58. The summed E-state index contributed by atoms with van der Waals surface area (Å²) in [6.45, 7) is 3.54. The van der Waals surface area contributed by atoms with Gasteiger partial charge in [0.15, 0.2) is 0 Å². The molecule has 0 saturated heterocycles. The van der Waals surface area contributed by atoms with Crippen molar-refractivity contribution in [3.05, 3.63) is 35.9 Å². The molecule has 78 valence electrons. The van der Waals surface area contributed by atoms with Crippen molar-refractivity contribution in [2.75, 3.05) is 0 Å². The van der Waals surface area contributed by atoms with Crippen molar-refractivity contribution in [2.24, 2.45) is 5.92 Å². The van der Waals surface area contributed by atoms with Crippen LogP contribution in [0.15, 0.2) is 30.3 Å². The lowest BCUT2D eigenvalue weighted by molar-refractivity contribution is -0.119. The smallest absolute Gasteiger partial charge is 0.137 e. The molecule has 0 saturated carbocycles. The Hall–Kier alpha value is -1.62. The van der Waals surface area contributed by atoms with Gasteiger partial charge < -0.3 is 0 Å². The van der Waals surface area contributed by atoms with E-state index in [1.54, 1.807) is 6.92 Å². The summed E-state index contributed by atoms with van der Waals surface area (Å²) >= 11 is 0. The standard InChI is InChI=1S/C13H15NO/c1-10(8-9-14)13(11(2)15)12-6-4-3-5-7-12/h3-7,10,13H,8H2,1-2H3. The minimum Gasteiger partial charge on any atom is -0.299 e. The van der Waals surface area contributed by atoms with Crippen molar-refractivity contribution in [3.8, 4) is 6.07 Å². The Balaban J connectivity index is 2.94. The second-order valence-electron chi connectivity index (χ2n) is 3.84. The number of ketones is 1. The summed E-state index contributed by atoms with van der Waals surface area (Å²) in [4.78, 5) is 11.6. The number of rotatable bonds is 4. The van der Waals surface area contributed by atoms with Gasteiger partial charge in [-0.05, 0) is 18.4 Å². The van der Waals surface area contributed by atoms with Gasteiger partial charge in [0.05, 0.1) is 6.07 Å². The van der Waals surface area contributed by atoms with E-state index in [0.717, 1.165) is 5.56 Å².